The zero-order chi connectivity index (χ0) is 14.7. The maximum atomic E-state index is 8.89. The number of morpholine rings is 1. The second-order valence-electron chi connectivity index (χ2n) is 5.63. The van der Waals surface area contributed by atoms with Crippen LogP contribution in [0.5, 0.6) is 5.75 Å². The number of ether oxygens (including phenoxy) is 2. The van der Waals surface area contributed by atoms with Gasteiger partial charge in [0.25, 0.3) is 0 Å². The van der Waals surface area contributed by atoms with Crippen LogP contribution in [0.15, 0.2) is 18.2 Å². The minimum atomic E-state index is -0.118. The first-order valence-corrected chi connectivity index (χ1v) is 7.43. The molecule has 2 aliphatic heterocycles. The Hall–Kier alpha value is -1.54. The lowest BCUT2D eigenvalue weighted by Crippen LogP contribution is -2.42. The summed E-state index contributed by atoms with van der Waals surface area (Å²) >= 11 is 0. The Kier molecular flexibility index (Phi) is 4.45. The van der Waals surface area contributed by atoms with Crippen LogP contribution in [0.4, 0.5) is 0 Å². The first-order valence-electron chi connectivity index (χ1n) is 7.43. The highest BCUT2D eigenvalue weighted by molar-refractivity contribution is 5.45. The summed E-state index contributed by atoms with van der Waals surface area (Å²) in [6.07, 6.45) is 3.13. The summed E-state index contributed by atoms with van der Waals surface area (Å²) in [6.45, 7) is 2.71. The van der Waals surface area contributed by atoms with E-state index in [2.05, 4.69) is 16.7 Å². The smallest absolute Gasteiger partial charge is 0.119 e. The van der Waals surface area contributed by atoms with Gasteiger partial charge < -0.3 is 14.6 Å². The molecule has 2 fully saturated rings. The van der Waals surface area contributed by atoms with Gasteiger partial charge in [0, 0.05) is 25.2 Å². The SMILES string of the molecule is COc1ccc(C#CCO)c(CN2CC3CCC(C2)O3)c1. The highest BCUT2D eigenvalue weighted by Gasteiger charge is 2.33. The molecule has 2 aliphatic rings. The minimum Gasteiger partial charge on any atom is -0.497 e. The van der Waals surface area contributed by atoms with E-state index in [9.17, 15) is 0 Å². The van der Waals surface area contributed by atoms with Crippen molar-refractivity contribution in [1.29, 1.82) is 0 Å². The predicted molar refractivity (Wildman–Crippen MR) is 80.1 cm³/mol. The average Bonchev–Trinajstić information content (AvgIpc) is 2.84. The highest BCUT2D eigenvalue weighted by atomic mass is 16.5. The summed E-state index contributed by atoms with van der Waals surface area (Å²) in [5.74, 6) is 6.60. The monoisotopic (exact) mass is 287 g/mol. The van der Waals surface area contributed by atoms with Crippen molar-refractivity contribution in [3.8, 4) is 17.6 Å². The van der Waals surface area contributed by atoms with Crippen LogP contribution in [0.3, 0.4) is 0 Å². The summed E-state index contributed by atoms with van der Waals surface area (Å²) in [7, 11) is 1.67. The molecule has 0 radical (unpaired) electrons. The fraction of sp³-hybridized carbons (Fsp3) is 0.529. The molecular weight excluding hydrogens is 266 g/mol. The van der Waals surface area contributed by atoms with Crippen LogP contribution in [0.25, 0.3) is 0 Å². The standard InChI is InChI=1S/C17H21NO3/c1-20-15-5-4-13(3-2-8-19)14(9-15)10-18-11-16-6-7-17(12-18)21-16/h4-5,9,16-17,19H,6-8,10-12H2,1H3. The van der Waals surface area contributed by atoms with Gasteiger partial charge in [0.05, 0.1) is 19.3 Å². The lowest BCUT2D eigenvalue weighted by atomic mass is 10.1. The number of aliphatic hydroxyl groups is 1. The molecule has 21 heavy (non-hydrogen) atoms. The quantitative estimate of drug-likeness (QED) is 0.853. The average molecular weight is 287 g/mol. The molecule has 0 saturated carbocycles. The molecule has 4 heteroatoms. The van der Waals surface area contributed by atoms with Gasteiger partial charge in [-0.15, -0.1) is 0 Å². The molecule has 2 bridgehead atoms. The van der Waals surface area contributed by atoms with Crippen molar-refractivity contribution in [2.24, 2.45) is 0 Å². The molecule has 0 spiro atoms. The summed E-state index contributed by atoms with van der Waals surface area (Å²) < 4.78 is 11.2. The second-order valence-corrected chi connectivity index (χ2v) is 5.63. The second kappa shape index (κ2) is 6.48. The Morgan fingerprint density at radius 2 is 2.10 bits per heavy atom. The number of hydrogen-bond acceptors (Lipinski definition) is 4. The molecule has 0 aromatic heterocycles. The number of nitrogens with zero attached hydrogens (tertiary/aromatic N) is 1. The van der Waals surface area contributed by atoms with Crippen LogP contribution in [0.1, 0.15) is 24.0 Å². The number of benzene rings is 1. The predicted octanol–water partition coefficient (Wildman–Crippen LogP) is 1.40. The van der Waals surface area contributed by atoms with Crippen LogP contribution in [0.2, 0.25) is 0 Å². The van der Waals surface area contributed by atoms with E-state index in [0.29, 0.717) is 12.2 Å². The molecule has 0 amide bonds. The molecule has 112 valence electrons. The molecular formula is C17H21NO3. The molecule has 2 atom stereocenters. The topological polar surface area (TPSA) is 41.9 Å². The third-order valence-electron chi connectivity index (χ3n) is 4.13. The molecule has 4 nitrogen and oxygen atoms in total. The third-order valence-corrected chi connectivity index (χ3v) is 4.13. The Bertz CT molecular complexity index is 549. The normalized spacial score (nSPS) is 24.5. The third kappa shape index (κ3) is 3.38. The maximum absolute atomic E-state index is 8.89. The van der Waals surface area contributed by atoms with E-state index in [-0.39, 0.29) is 6.61 Å². The first kappa shape index (κ1) is 14.4. The van der Waals surface area contributed by atoms with E-state index in [4.69, 9.17) is 14.6 Å². The van der Waals surface area contributed by atoms with E-state index in [1.807, 2.05) is 18.2 Å². The molecule has 1 aromatic rings. The van der Waals surface area contributed by atoms with Gasteiger partial charge in [-0.2, -0.15) is 0 Å². The molecule has 1 aromatic carbocycles. The zero-order valence-electron chi connectivity index (χ0n) is 12.3. The van der Waals surface area contributed by atoms with Crippen molar-refractivity contribution in [2.75, 3.05) is 26.8 Å². The van der Waals surface area contributed by atoms with Crippen molar-refractivity contribution >= 4 is 0 Å². The van der Waals surface area contributed by atoms with E-state index in [0.717, 1.165) is 36.5 Å². The maximum Gasteiger partial charge on any atom is 0.119 e. The molecule has 3 rings (SSSR count). The molecule has 0 aliphatic carbocycles. The van der Waals surface area contributed by atoms with Gasteiger partial charge in [0.15, 0.2) is 0 Å². The largest absolute Gasteiger partial charge is 0.497 e. The van der Waals surface area contributed by atoms with Gasteiger partial charge in [-0.1, -0.05) is 11.8 Å². The fourth-order valence-corrected chi connectivity index (χ4v) is 3.15. The Balaban J connectivity index is 1.79. The van der Waals surface area contributed by atoms with Crippen LogP contribution in [0, 0.1) is 11.8 Å². The molecule has 2 heterocycles. The van der Waals surface area contributed by atoms with Crippen LogP contribution in [-0.4, -0.2) is 49.0 Å². The van der Waals surface area contributed by atoms with Crippen molar-refractivity contribution in [3.05, 3.63) is 29.3 Å². The van der Waals surface area contributed by atoms with Crippen molar-refractivity contribution in [2.45, 2.75) is 31.6 Å². The van der Waals surface area contributed by atoms with Gasteiger partial charge in [-0.25, -0.2) is 0 Å². The van der Waals surface area contributed by atoms with Crippen molar-refractivity contribution in [3.63, 3.8) is 0 Å². The van der Waals surface area contributed by atoms with Crippen LogP contribution >= 0.6 is 0 Å². The van der Waals surface area contributed by atoms with Crippen molar-refractivity contribution in [1.82, 2.24) is 4.90 Å². The Labute approximate surface area is 125 Å². The number of fused-ring (bicyclic) bond motifs is 2. The number of rotatable bonds is 3. The molecule has 2 saturated heterocycles. The van der Waals surface area contributed by atoms with Gasteiger partial charge >= 0.3 is 0 Å². The van der Waals surface area contributed by atoms with E-state index >= 15 is 0 Å². The van der Waals surface area contributed by atoms with E-state index in [1.165, 1.54) is 12.8 Å². The van der Waals surface area contributed by atoms with Crippen molar-refractivity contribution < 1.29 is 14.6 Å². The number of aliphatic hydroxyl groups excluding tert-OH is 1. The first-order chi connectivity index (χ1) is 10.3. The number of hydrogen-bond donors (Lipinski definition) is 1. The summed E-state index contributed by atoms with van der Waals surface area (Å²) in [4.78, 5) is 2.44. The number of likely N-dealkylation sites (tertiary alicyclic amines) is 1. The fourth-order valence-electron chi connectivity index (χ4n) is 3.15. The van der Waals surface area contributed by atoms with Gasteiger partial charge in [0.1, 0.15) is 12.4 Å². The van der Waals surface area contributed by atoms with E-state index in [1.54, 1.807) is 7.11 Å². The Morgan fingerprint density at radius 1 is 1.33 bits per heavy atom. The minimum absolute atomic E-state index is 0.118. The Morgan fingerprint density at radius 3 is 2.76 bits per heavy atom. The van der Waals surface area contributed by atoms with Crippen LogP contribution in [-0.2, 0) is 11.3 Å². The molecule has 1 N–H and O–H groups in total. The van der Waals surface area contributed by atoms with Crippen LogP contribution < -0.4 is 4.74 Å². The van der Waals surface area contributed by atoms with Gasteiger partial charge in [0.2, 0.25) is 0 Å². The lowest BCUT2D eigenvalue weighted by Gasteiger charge is -2.32. The summed E-state index contributed by atoms with van der Waals surface area (Å²) in [6, 6.07) is 5.92. The summed E-state index contributed by atoms with van der Waals surface area (Å²) in [5.41, 5.74) is 2.11. The van der Waals surface area contributed by atoms with Gasteiger partial charge in [-0.05, 0) is 36.6 Å². The number of methoxy groups -OCH3 is 1. The lowest BCUT2D eigenvalue weighted by molar-refractivity contribution is -0.0410. The molecule has 2 unspecified atom stereocenters. The van der Waals surface area contributed by atoms with Gasteiger partial charge in [-0.3, -0.25) is 4.90 Å². The zero-order valence-corrected chi connectivity index (χ0v) is 12.3. The highest BCUT2D eigenvalue weighted by Crippen LogP contribution is 2.28. The van der Waals surface area contributed by atoms with E-state index < -0.39 is 0 Å². The summed E-state index contributed by atoms with van der Waals surface area (Å²) in [5, 5.41) is 8.89.